The van der Waals surface area contributed by atoms with Crippen LogP contribution in [0.4, 0.5) is 0 Å². The van der Waals surface area contributed by atoms with Crippen LogP contribution in [-0.2, 0) is 4.79 Å². The van der Waals surface area contributed by atoms with Gasteiger partial charge in [-0.05, 0) is 38.3 Å². The van der Waals surface area contributed by atoms with Gasteiger partial charge in [-0.3, -0.25) is 9.59 Å². The summed E-state index contributed by atoms with van der Waals surface area (Å²) in [5, 5.41) is 0. The molecule has 0 atom stereocenters. The number of amides is 2. The summed E-state index contributed by atoms with van der Waals surface area (Å²) in [6, 6.07) is 6.10. The molecule has 2 N–H and O–H groups in total. The molecule has 2 amide bonds. The van der Waals surface area contributed by atoms with E-state index < -0.39 is 0 Å². The van der Waals surface area contributed by atoms with Gasteiger partial charge in [0.05, 0.1) is 0 Å². The molecule has 2 fully saturated rings. The number of nitrogens with two attached hydrogens (primary N) is 1. The van der Waals surface area contributed by atoms with Crippen LogP contribution in [-0.4, -0.2) is 53.8 Å². The number of carbonyl (C=O) groups excluding carboxylic acids is 2. The van der Waals surface area contributed by atoms with Crippen LogP contribution in [0.2, 0.25) is 0 Å². The maximum atomic E-state index is 12.7. The maximum absolute atomic E-state index is 12.7. The van der Waals surface area contributed by atoms with Gasteiger partial charge in [-0.25, -0.2) is 0 Å². The highest BCUT2D eigenvalue weighted by Crippen LogP contribution is 2.28. The summed E-state index contributed by atoms with van der Waals surface area (Å²) in [6.07, 6.45) is 1.61. The summed E-state index contributed by atoms with van der Waals surface area (Å²) in [4.78, 5) is 28.7. The minimum atomic E-state index is 0.0697. The van der Waals surface area contributed by atoms with Crippen LogP contribution >= 0.6 is 0 Å². The molecule has 0 spiro atoms. The Bertz CT molecular complexity index is 615. The second kappa shape index (κ2) is 6.32. The van der Waals surface area contributed by atoms with Crippen molar-refractivity contribution in [3.63, 3.8) is 0 Å². The van der Waals surface area contributed by atoms with Gasteiger partial charge in [0.15, 0.2) is 0 Å². The summed E-state index contributed by atoms with van der Waals surface area (Å²) in [5.41, 5.74) is 8.70. The predicted molar refractivity (Wildman–Crippen MR) is 89.1 cm³/mol. The van der Waals surface area contributed by atoms with E-state index in [2.05, 4.69) is 0 Å². The standard InChI is InChI=1S/C18H25N3O2/c1-12-3-4-16(13(2)9-12)18(23)21-7-5-20(6-8-21)17(22)14-10-15(19)11-14/h3-4,9,14-15H,5-8,10-11,19H2,1-2H3/t14-,15+. The zero-order valence-electron chi connectivity index (χ0n) is 13.9. The van der Waals surface area contributed by atoms with Gasteiger partial charge in [-0.1, -0.05) is 17.7 Å². The van der Waals surface area contributed by atoms with Crippen molar-refractivity contribution in [2.24, 2.45) is 11.7 Å². The van der Waals surface area contributed by atoms with Crippen molar-refractivity contribution in [3.8, 4) is 0 Å². The largest absolute Gasteiger partial charge is 0.339 e. The molecule has 1 aliphatic carbocycles. The molecule has 2 aliphatic rings. The third-order valence-electron chi connectivity index (χ3n) is 5.01. The van der Waals surface area contributed by atoms with Crippen LogP contribution in [0.15, 0.2) is 18.2 Å². The van der Waals surface area contributed by atoms with E-state index in [1.807, 2.05) is 41.8 Å². The molecule has 1 heterocycles. The molecule has 0 unspecified atom stereocenters. The van der Waals surface area contributed by atoms with Crippen LogP contribution in [0.3, 0.4) is 0 Å². The number of hydrogen-bond acceptors (Lipinski definition) is 3. The van der Waals surface area contributed by atoms with Crippen LogP contribution in [0.1, 0.15) is 34.3 Å². The molecule has 5 heteroatoms. The average molecular weight is 315 g/mol. The number of rotatable bonds is 2. The molecule has 5 nitrogen and oxygen atoms in total. The van der Waals surface area contributed by atoms with Gasteiger partial charge < -0.3 is 15.5 Å². The van der Waals surface area contributed by atoms with E-state index in [0.717, 1.165) is 29.5 Å². The van der Waals surface area contributed by atoms with Crippen molar-refractivity contribution in [2.75, 3.05) is 26.2 Å². The van der Waals surface area contributed by atoms with Gasteiger partial charge in [0, 0.05) is 43.7 Å². The fraction of sp³-hybridized carbons (Fsp3) is 0.556. The average Bonchev–Trinajstić information content (AvgIpc) is 2.51. The van der Waals surface area contributed by atoms with Gasteiger partial charge in [0.1, 0.15) is 0 Å². The predicted octanol–water partition coefficient (Wildman–Crippen LogP) is 1.33. The maximum Gasteiger partial charge on any atom is 0.254 e. The number of carbonyl (C=O) groups is 2. The molecular formula is C18H25N3O2. The Morgan fingerprint density at radius 3 is 2.22 bits per heavy atom. The Morgan fingerprint density at radius 2 is 1.65 bits per heavy atom. The number of benzene rings is 1. The molecule has 23 heavy (non-hydrogen) atoms. The number of aryl methyl sites for hydroxylation is 2. The Morgan fingerprint density at radius 1 is 1.04 bits per heavy atom. The molecule has 0 aromatic heterocycles. The Labute approximate surface area is 137 Å². The number of hydrogen-bond donors (Lipinski definition) is 1. The van der Waals surface area contributed by atoms with Crippen molar-refractivity contribution in [1.82, 2.24) is 9.80 Å². The lowest BCUT2D eigenvalue weighted by Gasteiger charge is -2.40. The molecule has 3 rings (SSSR count). The molecule has 1 aromatic carbocycles. The van der Waals surface area contributed by atoms with E-state index in [1.165, 1.54) is 0 Å². The SMILES string of the molecule is Cc1ccc(C(=O)N2CCN(C(=O)[C@H]3C[C@@H](N)C3)CC2)c(C)c1. The first kappa shape index (κ1) is 16.0. The van der Waals surface area contributed by atoms with E-state index in [0.29, 0.717) is 26.2 Å². The molecule has 1 aliphatic heterocycles. The van der Waals surface area contributed by atoms with E-state index in [-0.39, 0.29) is 23.8 Å². The summed E-state index contributed by atoms with van der Waals surface area (Å²) < 4.78 is 0. The highest BCUT2D eigenvalue weighted by Gasteiger charge is 2.36. The summed E-state index contributed by atoms with van der Waals surface area (Å²) in [5.74, 6) is 0.386. The lowest BCUT2D eigenvalue weighted by molar-refractivity contribution is -0.140. The van der Waals surface area contributed by atoms with Crippen LogP contribution in [0, 0.1) is 19.8 Å². The van der Waals surface area contributed by atoms with Crippen molar-refractivity contribution in [2.45, 2.75) is 32.7 Å². The normalized spacial score (nSPS) is 24.3. The first-order valence-electron chi connectivity index (χ1n) is 8.36. The van der Waals surface area contributed by atoms with Gasteiger partial charge in [0.2, 0.25) is 5.91 Å². The van der Waals surface area contributed by atoms with Gasteiger partial charge in [-0.15, -0.1) is 0 Å². The zero-order chi connectivity index (χ0) is 16.6. The lowest BCUT2D eigenvalue weighted by Crippen LogP contribution is -2.54. The monoisotopic (exact) mass is 315 g/mol. The molecule has 1 saturated heterocycles. The molecule has 124 valence electrons. The topological polar surface area (TPSA) is 66.6 Å². The first-order chi connectivity index (χ1) is 11.0. The Kier molecular flexibility index (Phi) is 4.39. The van der Waals surface area contributed by atoms with Gasteiger partial charge in [-0.2, -0.15) is 0 Å². The molecule has 1 saturated carbocycles. The van der Waals surface area contributed by atoms with Crippen molar-refractivity contribution < 1.29 is 9.59 Å². The van der Waals surface area contributed by atoms with Crippen LogP contribution in [0.5, 0.6) is 0 Å². The van der Waals surface area contributed by atoms with Crippen molar-refractivity contribution >= 4 is 11.8 Å². The molecule has 0 bridgehead atoms. The summed E-state index contributed by atoms with van der Waals surface area (Å²) in [7, 11) is 0. The van der Waals surface area contributed by atoms with E-state index in [9.17, 15) is 9.59 Å². The third-order valence-corrected chi connectivity index (χ3v) is 5.01. The Balaban J connectivity index is 1.58. The molecule has 1 aromatic rings. The highest BCUT2D eigenvalue weighted by molar-refractivity contribution is 5.96. The third kappa shape index (κ3) is 3.24. The van der Waals surface area contributed by atoms with E-state index in [4.69, 9.17) is 5.73 Å². The van der Waals surface area contributed by atoms with Gasteiger partial charge in [0.25, 0.3) is 5.91 Å². The minimum absolute atomic E-state index is 0.0697. The van der Waals surface area contributed by atoms with Crippen molar-refractivity contribution in [3.05, 3.63) is 34.9 Å². The fourth-order valence-electron chi connectivity index (χ4n) is 3.48. The summed E-state index contributed by atoms with van der Waals surface area (Å²) >= 11 is 0. The fourth-order valence-corrected chi connectivity index (χ4v) is 3.48. The molecular weight excluding hydrogens is 290 g/mol. The molecule has 0 radical (unpaired) electrons. The Hall–Kier alpha value is -1.88. The minimum Gasteiger partial charge on any atom is -0.339 e. The number of piperazine rings is 1. The second-order valence-corrected chi connectivity index (χ2v) is 6.86. The van der Waals surface area contributed by atoms with Crippen LogP contribution < -0.4 is 5.73 Å². The lowest BCUT2D eigenvalue weighted by atomic mass is 9.80. The highest BCUT2D eigenvalue weighted by atomic mass is 16.2. The zero-order valence-corrected chi connectivity index (χ0v) is 13.9. The van der Waals surface area contributed by atoms with E-state index >= 15 is 0 Å². The van der Waals surface area contributed by atoms with Crippen LogP contribution in [0.25, 0.3) is 0 Å². The number of nitrogens with zero attached hydrogens (tertiary/aromatic N) is 2. The van der Waals surface area contributed by atoms with Crippen molar-refractivity contribution in [1.29, 1.82) is 0 Å². The quantitative estimate of drug-likeness (QED) is 0.895. The summed E-state index contributed by atoms with van der Waals surface area (Å²) in [6.45, 7) is 6.47. The first-order valence-corrected chi connectivity index (χ1v) is 8.36. The van der Waals surface area contributed by atoms with E-state index in [1.54, 1.807) is 0 Å². The smallest absolute Gasteiger partial charge is 0.254 e. The van der Waals surface area contributed by atoms with Gasteiger partial charge >= 0.3 is 0 Å². The second-order valence-electron chi connectivity index (χ2n) is 6.86.